The Morgan fingerprint density at radius 2 is 1.76 bits per heavy atom. The number of sulfonamides is 1. The highest BCUT2D eigenvalue weighted by Crippen LogP contribution is 2.35. The van der Waals surface area contributed by atoms with Crippen LogP contribution < -0.4 is 4.31 Å². The lowest BCUT2D eigenvalue weighted by Crippen LogP contribution is -2.35. The second-order valence-electron chi connectivity index (χ2n) is 7.22. The highest BCUT2D eigenvalue weighted by atomic mass is 35.5. The lowest BCUT2D eigenvalue weighted by molar-refractivity contribution is -0.116. The van der Waals surface area contributed by atoms with Crippen LogP contribution in [-0.2, 0) is 14.8 Å². The fourth-order valence-corrected chi connectivity index (χ4v) is 4.85. The van der Waals surface area contributed by atoms with Crippen molar-refractivity contribution in [2.24, 2.45) is 10.2 Å². The van der Waals surface area contributed by atoms with Gasteiger partial charge in [0.15, 0.2) is 5.69 Å². The van der Waals surface area contributed by atoms with E-state index in [2.05, 4.69) is 15.2 Å². The summed E-state index contributed by atoms with van der Waals surface area (Å²) < 4.78 is 27.6. The van der Waals surface area contributed by atoms with Crippen LogP contribution in [0.15, 0.2) is 87.9 Å². The Morgan fingerprint density at radius 3 is 2.48 bits per heavy atom. The second-order valence-corrected chi connectivity index (χ2v) is 9.49. The maximum Gasteiger partial charge on any atom is 0.285 e. The van der Waals surface area contributed by atoms with Crippen LogP contribution in [0.5, 0.6) is 5.88 Å². The number of amides is 1. The lowest BCUT2D eigenvalue weighted by atomic mass is 10.2. The molecule has 168 valence electrons. The second kappa shape index (κ2) is 9.05. The molecule has 0 radical (unpaired) electrons. The summed E-state index contributed by atoms with van der Waals surface area (Å²) in [4.78, 5) is 15.5. The Hall–Kier alpha value is -3.69. The number of nitrogens with zero attached hydrogens (tertiary/aromatic N) is 3. The third kappa shape index (κ3) is 4.59. The van der Waals surface area contributed by atoms with Crippen LogP contribution in [0.4, 0.5) is 11.4 Å². The lowest BCUT2D eigenvalue weighted by Gasteiger charge is -2.23. The number of aromatic nitrogens is 1. The Bertz CT molecular complexity index is 1470. The first-order chi connectivity index (χ1) is 15.8. The zero-order valence-corrected chi connectivity index (χ0v) is 19.0. The number of anilines is 1. The molecule has 8 nitrogen and oxygen atoms in total. The number of H-pyrrole nitrogens is 1. The van der Waals surface area contributed by atoms with E-state index in [-0.39, 0.29) is 22.2 Å². The average molecular weight is 483 g/mol. The summed E-state index contributed by atoms with van der Waals surface area (Å²) >= 11 is 6.21. The number of hydrogen-bond donors (Lipinski definition) is 2. The van der Waals surface area contributed by atoms with Gasteiger partial charge in [0.2, 0.25) is 5.88 Å². The third-order valence-corrected chi connectivity index (χ3v) is 7.17. The van der Waals surface area contributed by atoms with E-state index in [0.29, 0.717) is 15.9 Å². The number of aryl methyl sites for hydroxylation is 1. The molecule has 33 heavy (non-hydrogen) atoms. The van der Waals surface area contributed by atoms with Gasteiger partial charge in [-0.05, 0) is 42.8 Å². The van der Waals surface area contributed by atoms with Crippen LogP contribution in [0.3, 0.4) is 0 Å². The van der Waals surface area contributed by atoms with E-state index in [1.54, 1.807) is 61.5 Å². The molecule has 0 bridgehead atoms. The standard InChI is InChI=1S/C23H19ClN4O4S/c1-15-11-12-16(13-19(15)24)28(33(31,32)17-7-3-2-4-8-17)14-21(29)26-27-22-18-9-5-6-10-20(18)25-23(22)30/h2-13,25,30H,14H2,1H3. The fourth-order valence-electron chi connectivity index (χ4n) is 3.25. The van der Waals surface area contributed by atoms with Gasteiger partial charge in [0.1, 0.15) is 6.54 Å². The first kappa shape index (κ1) is 22.5. The predicted octanol–water partition coefficient (Wildman–Crippen LogP) is 5.34. The van der Waals surface area contributed by atoms with Crippen molar-refractivity contribution >= 4 is 49.8 Å². The van der Waals surface area contributed by atoms with Gasteiger partial charge in [-0.25, -0.2) is 8.42 Å². The van der Waals surface area contributed by atoms with Gasteiger partial charge in [-0.3, -0.25) is 9.10 Å². The van der Waals surface area contributed by atoms with E-state index >= 15 is 0 Å². The molecular formula is C23H19ClN4O4S. The van der Waals surface area contributed by atoms with Gasteiger partial charge in [-0.2, -0.15) is 0 Å². The van der Waals surface area contributed by atoms with Crippen LogP contribution in [0.2, 0.25) is 5.02 Å². The Morgan fingerprint density at radius 1 is 1.06 bits per heavy atom. The molecule has 4 aromatic rings. The van der Waals surface area contributed by atoms with Crippen molar-refractivity contribution in [2.75, 3.05) is 10.8 Å². The Kier molecular flexibility index (Phi) is 6.17. The van der Waals surface area contributed by atoms with Crippen molar-refractivity contribution in [1.82, 2.24) is 4.98 Å². The summed E-state index contributed by atoms with van der Waals surface area (Å²) in [6.45, 7) is 1.18. The number of benzene rings is 3. The van der Waals surface area contributed by atoms with Gasteiger partial charge < -0.3 is 10.1 Å². The van der Waals surface area contributed by atoms with E-state index in [4.69, 9.17) is 11.6 Å². The highest BCUT2D eigenvalue weighted by molar-refractivity contribution is 7.92. The predicted molar refractivity (Wildman–Crippen MR) is 127 cm³/mol. The average Bonchev–Trinajstić information content (AvgIpc) is 3.13. The zero-order chi connectivity index (χ0) is 23.6. The third-order valence-electron chi connectivity index (χ3n) is 4.97. The van der Waals surface area contributed by atoms with Crippen LogP contribution in [0.25, 0.3) is 10.9 Å². The van der Waals surface area contributed by atoms with E-state index in [1.807, 2.05) is 0 Å². The minimum absolute atomic E-state index is 0.0145. The van der Waals surface area contributed by atoms with Crippen LogP contribution >= 0.6 is 11.6 Å². The van der Waals surface area contributed by atoms with Gasteiger partial charge in [-0.1, -0.05) is 54.1 Å². The van der Waals surface area contributed by atoms with Crippen molar-refractivity contribution in [2.45, 2.75) is 11.8 Å². The number of aromatic amines is 1. The summed E-state index contributed by atoms with van der Waals surface area (Å²) in [5.41, 5.74) is 1.69. The van der Waals surface area contributed by atoms with Gasteiger partial charge in [0.25, 0.3) is 15.9 Å². The molecule has 3 aromatic carbocycles. The van der Waals surface area contributed by atoms with Crippen LogP contribution in [0, 0.1) is 6.92 Å². The van der Waals surface area contributed by atoms with Crippen LogP contribution in [0.1, 0.15) is 5.56 Å². The van der Waals surface area contributed by atoms with Gasteiger partial charge >= 0.3 is 0 Å². The maximum atomic E-state index is 13.3. The van der Waals surface area contributed by atoms with Crippen molar-refractivity contribution in [1.29, 1.82) is 0 Å². The number of carbonyl (C=O) groups excluding carboxylic acids is 1. The fraction of sp³-hybridized carbons (Fsp3) is 0.0870. The van der Waals surface area contributed by atoms with Crippen molar-refractivity contribution in [3.05, 3.63) is 83.4 Å². The molecule has 0 saturated heterocycles. The van der Waals surface area contributed by atoms with Gasteiger partial charge in [0.05, 0.1) is 16.1 Å². The number of azo groups is 1. The normalized spacial score (nSPS) is 11.8. The zero-order valence-electron chi connectivity index (χ0n) is 17.4. The number of hydrogen-bond acceptors (Lipinski definition) is 5. The molecule has 1 heterocycles. The summed E-state index contributed by atoms with van der Waals surface area (Å²) in [6.07, 6.45) is 0. The smallest absolute Gasteiger partial charge is 0.285 e. The van der Waals surface area contributed by atoms with Crippen molar-refractivity contribution < 1.29 is 18.3 Å². The number of nitrogens with one attached hydrogen (secondary N) is 1. The molecule has 0 aliphatic heterocycles. The van der Waals surface area contributed by atoms with Crippen molar-refractivity contribution in [3.63, 3.8) is 0 Å². The number of halogens is 1. The van der Waals surface area contributed by atoms with E-state index in [1.165, 1.54) is 18.2 Å². The number of rotatable bonds is 6. The molecule has 0 aliphatic rings. The van der Waals surface area contributed by atoms with Gasteiger partial charge in [0, 0.05) is 10.4 Å². The number of carbonyl (C=O) groups is 1. The Labute approximate surface area is 195 Å². The van der Waals surface area contributed by atoms with E-state index < -0.39 is 22.5 Å². The molecule has 1 amide bonds. The molecule has 0 atom stereocenters. The highest BCUT2D eigenvalue weighted by Gasteiger charge is 2.27. The summed E-state index contributed by atoms with van der Waals surface area (Å²) in [6, 6.07) is 19.5. The molecule has 0 fully saturated rings. The molecule has 4 rings (SSSR count). The van der Waals surface area contributed by atoms with Crippen molar-refractivity contribution in [3.8, 4) is 5.88 Å². The SMILES string of the molecule is Cc1ccc(N(CC(=O)N=Nc2c(O)[nH]c3ccccc23)S(=O)(=O)c2ccccc2)cc1Cl. The molecular weight excluding hydrogens is 464 g/mol. The number of para-hydroxylation sites is 1. The van der Waals surface area contributed by atoms with E-state index in [9.17, 15) is 18.3 Å². The maximum absolute atomic E-state index is 13.3. The molecule has 0 saturated carbocycles. The molecule has 1 aromatic heterocycles. The minimum Gasteiger partial charge on any atom is -0.493 e. The minimum atomic E-state index is -4.10. The Balaban J connectivity index is 1.69. The molecule has 0 spiro atoms. The summed E-state index contributed by atoms with van der Waals surface area (Å²) in [5.74, 6) is -1.07. The molecule has 2 N–H and O–H groups in total. The first-order valence-corrected chi connectivity index (χ1v) is 11.7. The first-order valence-electron chi connectivity index (χ1n) is 9.85. The van der Waals surface area contributed by atoms with E-state index in [0.717, 1.165) is 9.87 Å². The number of fused-ring (bicyclic) bond motifs is 1. The summed E-state index contributed by atoms with van der Waals surface area (Å²) in [5, 5.41) is 18.6. The molecule has 10 heteroatoms. The topological polar surface area (TPSA) is 115 Å². The monoisotopic (exact) mass is 482 g/mol. The largest absolute Gasteiger partial charge is 0.493 e. The summed E-state index contributed by atoms with van der Waals surface area (Å²) in [7, 11) is -4.10. The quantitative estimate of drug-likeness (QED) is 0.361. The van der Waals surface area contributed by atoms with Gasteiger partial charge in [-0.15, -0.1) is 10.2 Å². The van der Waals surface area contributed by atoms with Crippen LogP contribution in [-0.4, -0.2) is 31.0 Å². The molecule has 0 unspecified atom stereocenters. The molecule has 0 aliphatic carbocycles. The number of aromatic hydroxyl groups is 1.